The van der Waals surface area contributed by atoms with Crippen LogP contribution in [0.2, 0.25) is 0 Å². The average Bonchev–Trinajstić information content (AvgIpc) is 1.37. The van der Waals surface area contributed by atoms with Gasteiger partial charge in [-0.2, -0.15) is 0 Å². The third kappa shape index (κ3) is 1.92. The van der Waals surface area contributed by atoms with Crippen molar-refractivity contribution in [1.82, 2.24) is 0 Å². The van der Waals surface area contributed by atoms with E-state index in [-0.39, 0.29) is 0 Å². The Bertz CT molecular complexity index is 6.00. The van der Waals surface area contributed by atoms with Crippen molar-refractivity contribution < 1.29 is 9.84 Å². The van der Waals surface area contributed by atoms with Gasteiger partial charge in [0.15, 0.2) is 0 Å². The third-order valence-electron chi connectivity index (χ3n) is 0.0745. The summed E-state index contributed by atoms with van der Waals surface area (Å²) in [5.41, 5.74) is 0. The van der Waals surface area contributed by atoms with Crippen LogP contribution in [-0.2, 0) is 4.74 Å². The number of hydrogen-bond acceptors (Lipinski definition) is 2. The first kappa shape index (κ1) is 3.92. The Labute approximate surface area is 25.0 Å². The minimum Gasteiger partial charge on any atom is -0.371 e. The van der Waals surface area contributed by atoms with Gasteiger partial charge in [0.25, 0.3) is 0 Å². The monoisotopic (exact) mass is 60.0 g/mol. The smallest absolute Gasteiger partial charge is 0.144 e. The molecule has 0 aromatic carbocycles. The maximum absolute atomic E-state index is 7.53. The molecule has 0 aromatic rings. The Hall–Kier alpha value is -0.0800. The van der Waals surface area contributed by atoms with Crippen LogP contribution in [0, 0.1) is 7.11 Å². The second-order valence-electron chi connectivity index (χ2n) is 0.296. The third-order valence-corrected chi connectivity index (χ3v) is 0.0745. The fourth-order valence-corrected chi connectivity index (χ4v) is 0. The van der Waals surface area contributed by atoms with Gasteiger partial charge in [-0.15, -0.1) is 0 Å². The maximum atomic E-state index is 7.53. The SMILES string of the molecule is [CH]OCO. The zero-order valence-electron chi connectivity index (χ0n) is 2.14. The number of hydrogen-bond donors (Lipinski definition) is 1. The van der Waals surface area contributed by atoms with E-state index in [2.05, 4.69) is 11.8 Å². The lowest BCUT2D eigenvalue weighted by molar-refractivity contribution is 0.0560. The van der Waals surface area contributed by atoms with Crippen molar-refractivity contribution in [3.63, 3.8) is 0 Å². The molecule has 0 spiro atoms. The number of ether oxygens (including phenoxy) is 1. The lowest BCUT2D eigenvalue weighted by Gasteiger charge is -1.74. The first-order chi connectivity index (χ1) is 1.91. The number of aliphatic hydroxyl groups is 1. The average molecular weight is 60.1 g/mol. The molecule has 0 fully saturated rings. The summed E-state index contributed by atoms with van der Waals surface area (Å²) in [4.78, 5) is 0. The van der Waals surface area contributed by atoms with E-state index in [1.165, 1.54) is 0 Å². The van der Waals surface area contributed by atoms with Gasteiger partial charge in [0.2, 0.25) is 0 Å². The quantitative estimate of drug-likeness (QED) is 0.418. The van der Waals surface area contributed by atoms with E-state index in [1.807, 2.05) is 0 Å². The van der Waals surface area contributed by atoms with Gasteiger partial charge in [0, 0.05) is 0 Å². The molecule has 0 aromatic heterocycles. The fraction of sp³-hybridized carbons (Fsp3) is 0.500. The minimum absolute atomic E-state index is 0.403. The highest BCUT2D eigenvalue weighted by Gasteiger charge is 1.53. The zero-order chi connectivity index (χ0) is 3.41. The van der Waals surface area contributed by atoms with E-state index >= 15 is 0 Å². The largest absolute Gasteiger partial charge is 0.371 e. The molecular weight excluding hydrogens is 56.0 g/mol. The van der Waals surface area contributed by atoms with Gasteiger partial charge in [-0.25, -0.2) is 0 Å². The predicted octanol–water partition coefficient (Wildman–Crippen LogP) is -0.379. The molecule has 2 nitrogen and oxygen atoms in total. The van der Waals surface area contributed by atoms with E-state index < -0.39 is 6.79 Å². The molecular formula is C2H4O2. The first-order valence-corrected chi connectivity index (χ1v) is 0.841. The molecule has 0 heterocycles. The molecule has 2 heteroatoms. The Kier molecular flexibility index (Phi) is 2.86. The lowest BCUT2D eigenvalue weighted by Crippen LogP contribution is -1.76. The van der Waals surface area contributed by atoms with E-state index in [0.717, 1.165) is 0 Å². The summed E-state index contributed by atoms with van der Waals surface area (Å²) in [5.74, 6) is 0. The van der Waals surface area contributed by atoms with Crippen LogP contribution in [0.3, 0.4) is 0 Å². The van der Waals surface area contributed by atoms with Crippen LogP contribution >= 0.6 is 0 Å². The normalized spacial score (nSPS) is 7.50. The fourth-order valence-electron chi connectivity index (χ4n) is 0. The van der Waals surface area contributed by atoms with Gasteiger partial charge in [-0.05, 0) is 0 Å². The molecule has 0 unspecified atom stereocenters. The number of rotatable bonds is 1. The molecule has 0 saturated carbocycles. The molecule has 0 aliphatic carbocycles. The van der Waals surface area contributed by atoms with E-state index in [4.69, 9.17) is 5.11 Å². The minimum atomic E-state index is -0.403. The van der Waals surface area contributed by atoms with Gasteiger partial charge in [-0.3, -0.25) is 0 Å². The molecule has 0 aliphatic heterocycles. The summed E-state index contributed by atoms with van der Waals surface area (Å²) >= 11 is 0. The molecule has 0 atom stereocenters. The second-order valence-corrected chi connectivity index (χ2v) is 0.296. The van der Waals surface area contributed by atoms with Crippen molar-refractivity contribution in [2.24, 2.45) is 0 Å². The van der Waals surface area contributed by atoms with Crippen LogP contribution in [0.25, 0.3) is 0 Å². The second kappa shape index (κ2) is 2.92. The van der Waals surface area contributed by atoms with Crippen molar-refractivity contribution >= 4 is 0 Å². The molecule has 0 saturated heterocycles. The summed E-state index contributed by atoms with van der Waals surface area (Å²) in [7, 11) is 4.28. The Morgan fingerprint density at radius 3 is 2.25 bits per heavy atom. The molecule has 0 amide bonds. The van der Waals surface area contributed by atoms with E-state index in [0.29, 0.717) is 0 Å². The Balaban J connectivity index is 1.97. The van der Waals surface area contributed by atoms with E-state index in [1.54, 1.807) is 0 Å². The van der Waals surface area contributed by atoms with Gasteiger partial charge in [-0.1, -0.05) is 0 Å². The van der Waals surface area contributed by atoms with Gasteiger partial charge in [0.05, 0.1) is 0 Å². The van der Waals surface area contributed by atoms with Crippen LogP contribution in [0.15, 0.2) is 0 Å². The lowest BCUT2D eigenvalue weighted by atomic mass is 11.4. The van der Waals surface area contributed by atoms with Gasteiger partial charge >= 0.3 is 0 Å². The van der Waals surface area contributed by atoms with Crippen LogP contribution in [-0.4, -0.2) is 11.9 Å². The van der Waals surface area contributed by atoms with Crippen molar-refractivity contribution in [3.05, 3.63) is 7.11 Å². The van der Waals surface area contributed by atoms with Crippen LogP contribution in [0.4, 0.5) is 0 Å². The van der Waals surface area contributed by atoms with Crippen molar-refractivity contribution in [3.8, 4) is 0 Å². The molecule has 4 heavy (non-hydrogen) atoms. The highest BCUT2D eigenvalue weighted by molar-refractivity contribution is 3.89. The van der Waals surface area contributed by atoms with Crippen LogP contribution in [0.5, 0.6) is 0 Å². The molecule has 1 N–H and O–H groups in total. The number of aliphatic hydroxyl groups excluding tert-OH is 1. The summed E-state index contributed by atoms with van der Waals surface area (Å²) in [6.07, 6.45) is 0. The van der Waals surface area contributed by atoms with E-state index in [9.17, 15) is 0 Å². The summed E-state index contributed by atoms with van der Waals surface area (Å²) in [5, 5.41) is 7.53. The van der Waals surface area contributed by atoms with Crippen LogP contribution < -0.4 is 0 Å². The molecule has 0 aliphatic rings. The van der Waals surface area contributed by atoms with Crippen LogP contribution in [0.1, 0.15) is 0 Å². The topological polar surface area (TPSA) is 29.5 Å². The summed E-state index contributed by atoms with van der Waals surface area (Å²) in [6, 6.07) is 0. The molecule has 24 valence electrons. The molecule has 2 radical (unpaired) electrons. The highest BCUT2D eigenvalue weighted by atomic mass is 16.6. The standard InChI is InChI=1S/C2H4O2/c1-4-2-3/h1,3H,2H2. The maximum Gasteiger partial charge on any atom is 0.144 e. The predicted molar refractivity (Wildman–Crippen MR) is 12.5 cm³/mol. The summed E-state index contributed by atoms with van der Waals surface area (Å²) < 4.78 is 3.60. The molecule has 0 bridgehead atoms. The van der Waals surface area contributed by atoms with Crippen molar-refractivity contribution in [1.29, 1.82) is 0 Å². The van der Waals surface area contributed by atoms with Gasteiger partial charge < -0.3 is 9.84 Å². The first-order valence-electron chi connectivity index (χ1n) is 0.841. The Morgan fingerprint density at radius 1 is 2.00 bits per heavy atom. The van der Waals surface area contributed by atoms with Crippen molar-refractivity contribution in [2.45, 2.75) is 0 Å². The van der Waals surface area contributed by atoms with Gasteiger partial charge in [0.1, 0.15) is 13.9 Å². The van der Waals surface area contributed by atoms with Crippen molar-refractivity contribution in [2.75, 3.05) is 6.79 Å². The Morgan fingerprint density at radius 2 is 2.25 bits per heavy atom. The zero-order valence-corrected chi connectivity index (χ0v) is 2.14. The highest BCUT2D eigenvalue weighted by Crippen LogP contribution is 1.51. The molecule has 0 rings (SSSR count). The summed E-state index contributed by atoms with van der Waals surface area (Å²) in [6.45, 7) is -0.403.